The average molecular weight is 281 g/mol. The first kappa shape index (κ1) is 14.2. The summed E-state index contributed by atoms with van der Waals surface area (Å²) in [5.41, 5.74) is 0.525. The van der Waals surface area contributed by atoms with Crippen molar-refractivity contribution in [3.05, 3.63) is 29.8 Å². The van der Waals surface area contributed by atoms with Gasteiger partial charge in [0, 0.05) is 19.2 Å². The molecule has 0 aliphatic heterocycles. The first-order valence-corrected chi connectivity index (χ1v) is 7.83. The Bertz CT molecular complexity index is 577. The molecule has 0 bridgehead atoms. The molecule has 1 aromatic carbocycles. The lowest BCUT2D eigenvalue weighted by molar-refractivity contribution is 0.101. The molecule has 0 N–H and O–H groups in total. The highest BCUT2D eigenvalue weighted by atomic mass is 32.2. The summed E-state index contributed by atoms with van der Waals surface area (Å²) >= 11 is 0. The number of nitrogens with zero attached hydrogens (tertiary/aromatic N) is 1. The second-order valence-corrected chi connectivity index (χ2v) is 7.38. The molecule has 2 atom stereocenters. The van der Waals surface area contributed by atoms with Crippen LogP contribution >= 0.6 is 0 Å². The van der Waals surface area contributed by atoms with E-state index in [0.717, 1.165) is 6.42 Å². The van der Waals surface area contributed by atoms with Crippen LogP contribution in [0, 0.1) is 11.8 Å². The Morgan fingerprint density at radius 1 is 1.32 bits per heavy atom. The molecule has 5 heteroatoms. The standard InChI is InChI=1S/C14H19NO3S/c1-10-8-13(10)9-15(3)19(17,18)14-6-4-12(5-7-14)11(2)16/h4-7,10,13H,8-9H2,1-3H3. The zero-order chi connectivity index (χ0) is 14.2. The van der Waals surface area contributed by atoms with Crippen LogP contribution < -0.4 is 0 Å². The Hall–Kier alpha value is -1.20. The van der Waals surface area contributed by atoms with Crippen LogP contribution in [-0.2, 0) is 10.0 Å². The number of hydrogen-bond acceptors (Lipinski definition) is 3. The summed E-state index contributed by atoms with van der Waals surface area (Å²) in [6, 6.07) is 6.11. The number of carbonyl (C=O) groups excluding carboxylic acids is 1. The highest BCUT2D eigenvalue weighted by Gasteiger charge is 2.36. The van der Waals surface area contributed by atoms with Gasteiger partial charge in [-0.15, -0.1) is 0 Å². The normalized spacial score (nSPS) is 22.5. The molecule has 0 amide bonds. The summed E-state index contributed by atoms with van der Waals surface area (Å²) in [6.07, 6.45) is 1.10. The molecule has 1 aromatic rings. The van der Waals surface area contributed by atoms with Crippen molar-refractivity contribution in [3.8, 4) is 0 Å². The van der Waals surface area contributed by atoms with Gasteiger partial charge in [0.05, 0.1) is 4.90 Å². The quantitative estimate of drug-likeness (QED) is 0.777. The smallest absolute Gasteiger partial charge is 0.242 e. The predicted octanol–water partition coefficient (Wildman–Crippen LogP) is 2.17. The van der Waals surface area contributed by atoms with E-state index >= 15 is 0 Å². The van der Waals surface area contributed by atoms with Crippen LogP contribution in [0.25, 0.3) is 0 Å². The maximum atomic E-state index is 12.3. The molecule has 0 heterocycles. The Labute approximate surface area is 114 Å². The van der Waals surface area contributed by atoms with Crippen LogP contribution in [-0.4, -0.2) is 32.1 Å². The van der Waals surface area contributed by atoms with E-state index in [-0.39, 0.29) is 10.7 Å². The van der Waals surface area contributed by atoms with E-state index in [0.29, 0.717) is 23.9 Å². The van der Waals surface area contributed by atoms with Gasteiger partial charge in [-0.1, -0.05) is 19.1 Å². The summed E-state index contributed by atoms with van der Waals surface area (Å²) in [5, 5.41) is 0. The minimum absolute atomic E-state index is 0.0656. The van der Waals surface area contributed by atoms with Gasteiger partial charge in [0.15, 0.2) is 5.78 Å². The number of ketones is 1. The van der Waals surface area contributed by atoms with Gasteiger partial charge < -0.3 is 0 Å². The zero-order valence-corrected chi connectivity index (χ0v) is 12.3. The van der Waals surface area contributed by atoms with Crippen molar-refractivity contribution in [2.75, 3.05) is 13.6 Å². The molecule has 1 aliphatic carbocycles. The number of benzene rings is 1. The maximum absolute atomic E-state index is 12.3. The lowest BCUT2D eigenvalue weighted by Crippen LogP contribution is -2.29. The fraction of sp³-hybridized carbons (Fsp3) is 0.500. The number of Topliss-reactive ketones (excluding diaryl/α,β-unsaturated/α-hetero) is 1. The molecule has 0 radical (unpaired) electrons. The van der Waals surface area contributed by atoms with Gasteiger partial charge in [-0.2, -0.15) is 0 Å². The highest BCUT2D eigenvalue weighted by molar-refractivity contribution is 7.89. The molecule has 1 saturated carbocycles. The minimum atomic E-state index is -3.44. The first-order chi connectivity index (χ1) is 8.82. The monoisotopic (exact) mass is 281 g/mol. The van der Waals surface area contributed by atoms with Gasteiger partial charge >= 0.3 is 0 Å². The third kappa shape index (κ3) is 3.04. The van der Waals surface area contributed by atoms with E-state index < -0.39 is 10.0 Å². The molecule has 1 aliphatic rings. The van der Waals surface area contributed by atoms with Crippen molar-refractivity contribution in [1.29, 1.82) is 0 Å². The Balaban J connectivity index is 2.16. The average Bonchev–Trinajstić information content (AvgIpc) is 3.04. The fourth-order valence-electron chi connectivity index (χ4n) is 2.12. The molecular weight excluding hydrogens is 262 g/mol. The molecule has 104 valence electrons. The van der Waals surface area contributed by atoms with Crippen LogP contribution in [0.15, 0.2) is 29.2 Å². The number of rotatable bonds is 5. The largest absolute Gasteiger partial charge is 0.295 e. The van der Waals surface area contributed by atoms with Crippen LogP contribution in [0.2, 0.25) is 0 Å². The van der Waals surface area contributed by atoms with Gasteiger partial charge in [0.25, 0.3) is 0 Å². The maximum Gasteiger partial charge on any atom is 0.242 e. The van der Waals surface area contributed by atoms with E-state index in [9.17, 15) is 13.2 Å². The van der Waals surface area contributed by atoms with Crippen molar-refractivity contribution >= 4 is 15.8 Å². The molecule has 19 heavy (non-hydrogen) atoms. The van der Waals surface area contributed by atoms with E-state index in [1.165, 1.54) is 23.4 Å². The fourth-order valence-corrected chi connectivity index (χ4v) is 3.35. The van der Waals surface area contributed by atoms with Gasteiger partial charge in [-0.05, 0) is 37.3 Å². The van der Waals surface area contributed by atoms with E-state index in [1.54, 1.807) is 19.2 Å². The Kier molecular flexibility index (Phi) is 3.78. The molecule has 4 nitrogen and oxygen atoms in total. The second-order valence-electron chi connectivity index (χ2n) is 5.34. The molecule has 2 unspecified atom stereocenters. The summed E-state index contributed by atoms with van der Waals surface area (Å²) in [7, 11) is -1.83. The van der Waals surface area contributed by atoms with Gasteiger partial charge in [0.1, 0.15) is 0 Å². The summed E-state index contributed by atoms with van der Waals surface area (Å²) < 4.78 is 26.1. The molecule has 1 fully saturated rings. The van der Waals surface area contributed by atoms with Gasteiger partial charge in [-0.25, -0.2) is 12.7 Å². The van der Waals surface area contributed by atoms with Crippen LogP contribution in [0.1, 0.15) is 30.6 Å². The third-order valence-corrected chi connectivity index (χ3v) is 5.57. The molecule has 0 aromatic heterocycles. The van der Waals surface area contributed by atoms with Crippen LogP contribution in [0.4, 0.5) is 0 Å². The second kappa shape index (κ2) is 5.06. The SMILES string of the molecule is CC(=O)c1ccc(S(=O)(=O)N(C)CC2CC2C)cc1. The zero-order valence-electron chi connectivity index (χ0n) is 11.5. The molecule has 0 saturated heterocycles. The predicted molar refractivity (Wildman–Crippen MR) is 73.5 cm³/mol. The van der Waals surface area contributed by atoms with Gasteiger partial charge in [-0.3, -0.25) is 4.79 Å². The lowest BCUT2D eigenvalue weighted by Gasteiger charge is -2.17. The van der Waals surface area contributed by atoms with Crippen molar-refractivity contribution < 1.29 is 13.2 Å². The Morgan fingerprint density at radius 2 is 1.84 bits per heavy atom. The third-order valence-electron chi connectivity index (χ3n) is 3.74. The molecular formula is C14H19NO3S. The number of sulfonamides is 1. The van der Waals surface area contributed by atoms with E-state index in [4.69, 9.17) is 0 Å². The number of carbonyl (C=O) groups is 1. The van der Waals surface area contributed by atoms with Gasteiger partial charge in [0.2, 0.25) is 10.0 Å². The minimum Gasteiger partial charge on any atom is -0.295 e. The highest BCUT2D eigenvalue weighted by Crippen LogP contribution is 2.38. The molecule has 2 rings (SSSR count). The van der Waals surface area contributed by atoms with Crippen molar-refractivity contribution in [2.24, 2.45) is 11.8 Å². The first-order valence-electron chi connectivity index (χ1n) is 6.39. The Morgan fingerprint density at radius 3 is 2.26 bits per heavy atom. The van der Waals surface area contributed by atoms with Crippen LogP contribution in [0.5, 0.6) is 0 Å². The van der Waals surface area contributed by atoms with Crippen molar-refractivity contribution in [3.63, 3.8) is 0 Å². The van der Waals surface area contributed by atoms with Crippen LogP contribution in [0.3, 0.4) is 0 Å². The number of hydrogen-bond donors (Lipinski definition) is 0. The summed E-state index contributed by atoms with van der Waals surface area (Å²) in [4.78, 5) is 11.4. The van der Waals surface area contributed by atoms with E-state index in [2.05, 4.69) is 6.92 Å². The lowest BCUT2D eigenvalue weighted by atomic mass is 10.2. The topological polar surface area (TPSA) is 54.5 Å². The summed E-state index contributed by atoms with van der Waals surface area (Å²) in [5.74, 6) is 1.04. The van der Waals surface area contributed by atoms with Crippen molar-refractivity contribution in [2.45, 2.75) is 25.2 Å². The summed E-state index contributed by atoms with van der Waals surface area (Å²) in [6.45, 7) is 4.16. The van der Waals surface area contributed by atoms with E-state index in [1.807, 2.05) is 0 Å². The van der Waals surface area contributed by atoms with Crippen molar-refractivity contribution in [1.82, 2.24) is 4.31 Å². The molecule has 0 spiro atoms.